The molecule has 3 aromatic carbocycles. The zero-order valence-corrected chi connectivity index (χ0v) is 36.9. The molecular formula is C45H54ClN6O5PS. The van der Waals surface area contributed by atoms with Crippen molar-refractivity contribution in [3.63, 3.8) is 0 Å². The minimum absolute atomic E-state index is 0.124. The standard InChI is InChI=1S/C45H54ClN6O5PS/c1-50(21-8-5-9-24-59-41-14-10-12-34-35(41)29-52(45(34)55)38-17-18-43(53)49-44(38)54)32-19-22-51(23-20-32)33-16-15-30(39(27-33)57-2)26-42-47-28-36(46)37(48-42)25-31-11-6-7-13-40(31)58(3,4)56/h6-7,10-16,27-28,32,38H,5,8-9,17-26,29H2,1-4H3,(H,49,53,54). The number of halogens is 1. The molecule has 1 unspecified atom stereocenters. The molecule has 0 radical (unpaired) electrons. The molecule has 3 aliphatic heterocycles. The Morgan fingerprint density at radius 2 is 1.76 bits per heavy atom. The Labute approximate surface area is 357 Å². The topological polar surface area (TPSA) is 125 Å². The largest absolute Gasteiger partial charge is 0.496 e. The Balaban J connectivity index is 0.851. The number of hydrogen-bond donors (Lipinski definition) is 1. The van der Waals surface area contributed by atoms with Crippen molar-refractivity contribution in [3.05, 3.63) is 106 Å². The number of rotatable bonds is 16. The van der Waals surface area contributed by atoms with Gasteiger partial charge in [0.25, 0.3) is 5.91 Å². The highest BCUT2D eigenvalue weighted by molar-refractivity contribution is 7.99. The van der Waals surface area contributed by atoms with E-state index in [0.29, 0.717) is 54.0 Å². The first-order valence-corrected chi connectivity index (χ1v) is 24.5. The molecule has 1 atom stereocenters. The normalized spacial score (nSPS) is 17.5. The van der Waals surface area contributed by atoms with Crippen LogP contribution in [0.15, 0.2) is 71.8 Å². The second-order valence-corrected chi connectivity index (χ2v) is 20.9. The maximum atomic E-state index is 13.2. The van der Waals surface area contributed by atoms with E-state index in [1.165, 1.54) is 0 Å². The van der Waals surface area contributed by atoms with Crippen molar-refractivity contribution in [2.24, 2.45) is 0 Å². The number of carbonyl (C=O) groups excluding carboxylic acids is 3. The summed E-state index contributed by atoms with van der Waals surface area (Å²) in [6.45, 7) is 7.00. The average molecular weight is 857 g/mol. The molecule has 4 heterocycles. The van der Waals surface area contributed by atoms with E-state index in [1.807, 2.05) is 36.4 Å². The molecule has 2 fully saturated rings. The highest BCUT2D eigenvalue weighted by atomic mass is 35.5. The molecule has 59 heavy (non-hydrogen) atoms. The number of imide groups is 1. The predicted molar refractivity (Wildman–Crippen MR) is 236 cm³/mol. The van der Waals surface area contributed by atoms with Crippen molar-refractivity contribution >= 4 is 59.2 Å². The smallest absolute Gasteiger partial charge is 0.255 e. The molecule has 312 valence electrons. The Morgan fingerprint density at radius 3 is 2.53 bits per heavy atom. The van der Waals surface area contributed by atoms with Gasteiger partial charge in [-0.2, -0.15) is 0 Å². The highest BCUT2D eigenvalue weighted by Gasteiger charge is 2.40. The molecule has 4 aromatic rings. The van der Waals surface area contributed by atoms with Gasteiger partial charge in [0, 0.05) is 84.2 Å². The van der Waals surface area contributed by atoms with Gasteiger partial charge in [0.05, 0.1) is 17.8 Å². The van der Waals surface area contributed by atoms with Crippen LogP contribution in [0.1, 0.15) is 83.5 Å². The van der Waals surface area contributed by atoms with Crippen LogP contribution >= 0.6 is 30.5 Å². The van der Waals surface area contributed by atoms with E-state index >= 15 is 0 Å². The summed E-state index contributed by atoms with van der Waals surface area (Å²) in [5.41, 5.74) is 5.50. The van der Waals surface area contributed by atoms with Crippen molar-refractivity contribution in [1.29, 1.82) is 0 Å². The third kappa shape index (κ3) is 10.2. The zero-order valence-electron chi connectivity index (χ0n) is 34.4. The number of nitrogens with one attached hydrogen (secondary N) is 1. The van der Waals surface area contributed by atoms with Gasteiger partial charge in [-0.15, -0.1) is 11.8 Å². The Kier molecular flexibility index (Phi) is 13.8. The SMILES string of the molecule is COc1cc(N2CCC(N(C)CCCCCSc3cccc4c3CN(C3CCC(=O)NC3=O)C4=O)CC2)ccc1Cc1ncc(Cl)c(Cc2ccccc2P(C)(C)=O)n1. The number of amides is 3. The third-order valence-corrected chi connectivity index (χ3v) is 14.9. The summed E-state index contributed by atoms with van der Waals surface area (Å²) in [7, 11) is 1.49. The van der Waals surface area contributed by atoms with Gasteiger partial charge in [-0.1, -0.05) is 54.4 Å². The van der Waals surface area contributed by atoms with E-state index in [2.05, 4.69) is 51.4 Å². The molecular weight excluding hydrogens is 803 g/mol. The van der Waals surface area contributed by atoms with Gasteiger partial charge >= 0.3 is 0 Å². The van der Waals surface area contributed by atoms with Gasteiger partial charge < -0.3 is 24.0 Å². The molecule has 7 rings (SSSR count). The summed E-state index contributed by atoms with van der Waals surface area (Å²) in [5.74, 6) is 1.66. The Hall–Kier alpha value is -4.22. The molecule has 0 bridgehead atoms. The number of piperidine rings is 2. The van der Waals surface area contributed by atoms with Gasteiger partial charge in [0.2, 0.25) is 11.8 Å². The predicted octanol–water partition coefficient (Wildman–Crippen LogP) is 7.19. The fourth-order valence-electron chi connectivity index (χ4n) is 8.53. The van der Waals surface area contributed by atoms with E-state index < -0.39 is 13.2 Å². The molecule has 3 aliphatic rings. The molecule has 1 N–H and O–H groups in total. The molecule has 0 spiro atoms. The number of hydrogen-bond acceptors (Lipinski definition) is 10. The number of benzene rings is 3. The quantitative estimate of drug-likeness (QED) is 0.0536. The fourth-order valence-corrected chi connectivity index (χ4v) is 11.1. The van der Waals surface area contributed by atoms with E-state index in [4.69, 9.17) is 21.3 Å². The van der Waals surface area contributed by atoms with Crippen LogP contribution in [-0.4, -0.2) is 102 Å². The molecule has 0 saturated carbocycles. The van der Waals surface area contributed by atoms with Gasteiger partial charge in [-0.3, -0.25) is 19.7 Å². The lowest BCUT2D eigenvalue weighted by Crippen LogP contribution is -2.52. The molecule has 11 nitrogen and oxygen atoms in total. The molecule has 2 saturated heterocycles. The third-order valence-electron chi connectivity index (χ3n) is 11.8. The Morgan fingerprint density at radius 1 is 0.966 bits per heavy atom. The number of anilines is 1. The monoisotopic (exact) mass is 856 g/mol. The maximum absolute atomic E-state index is 13.2. The summed E-state index contributed by atoms with van der Waals surface area (Å²) in [4.78, 5) is 54.4. The van der Waals surface area contributed by atoms with Crippen LogP contribution in [-0.2, 0) is 33.5 Å². The summed E-state index contributed by atoms with van der Waals surface area (Å²) in [6, 6.07) is 20.0. The van der Waals surface area contributed by atoms with Crippen molar-refractivity contribution in [2.45, 2.75) is 81.3 Å². The number of unbranched alkanes of at least 4 members (excludes halogenated alkanes) is 2. The maximum Gasteiger partial charge on any atom is 0.255 e. The fraction of sp³-hybridized carbons (Fsp3) is 0.444. The number of fused-ring (bicyclic) bond motifs is 1. The number of nitrogens with zero attached hydrogens (tertiary/aromatic N) is 5. The molecule has 0 aliphatic carbocycles. The number of thioether (sulfide) groups is 1. The lowest BCUT2D eigenvalue weighted by molar-refractivity contribution is -0.136. The van der Waals surface area contributed by atoms with Crippen LogP contribution in [0.3, 0.4) is 0 Å². The number of methoxy groups -OCH3 is 1. The van der Waals surface area contributed by atoms with Crippen molar-refractivity contribution in [2.75, 3.05) is 57.8 Å². The lowest BCUT2D eigenvalue weighted by atomic mass is 10.0. The molecule has 3 amide bonds. The van der Waals surface area contributed by atoms with Crippen molar-refractivity contribution < 1.29 is 23.7 Å². The van der Waals surface area contributed by atoms with Gasteiger partial charge in [-0.25, -0.2) is 9.97 Å². The van der Waals surface area contributed by atoms with Crippen molar-refractivity contribution in [3.8, 4) is 5.75 Å². The average Bonchev–Trinajstić information content (AvgIpc) is 3.56. The first kappa shape index (κ1) is 42.9. The minimum atomic E-state index is -2.47. The van der Waals surface area contributed by atoms with Crippen LogP contribution in [0.25, 0.3) is 0 Å². The lowest BCUT2D eigenvalue weighted by Gasteiger charge is -2.38. The summed E-state index contributed by atoms with van der Waals surface area (Å²) in [5, 5.41) is 3.73. The number of ether oxygens (including phenoxy) is 1. The van der Waals surface area contributed by atoms with Gasteiger partial charge in [0.15, 0.2) is 0 Å². The van der Waals surface area contributed by atoms with Crippen molar-refractivity contribution in [1.82, 2.24) is 25.1 Å². The van der Waals surface area contributed by atoms with E-state index in [9.17, 15) is 18.9 Å². The first-order chi connectivity index (χ1) is 28.4. The molecule has 14 heteroatoms. The number of carbonyl (C=O) groups is 3. The van der Waals surface area contributed by atoms with Gasteiger partial charge in [-0.05, 0) is 94.1 Å². The number of aromatic nitrogens is 2. The zero-order chi connectivity index (χ0) is 41.7. The van der Waals surface area contributed by atoms with E-state index in [1.54, 1.807) is 43.3 Å². The van der Waals surface area contributed by atoms with Gasteiger partial charge in [0.1, 0.15) is 24.8 Å². The second-order valence-electron chi connectivity index (χ2n) is 16.2. The van der Waals surface area contributed by atoms with Crippen LogP contribution in [0, 0.1) is 0 Å². The van der Waals surface area contributed by atoms with E-state index in [0.717, 1.165) is 95.8 Å². The minimum Gasteiger partial charge on any atom is -0.496 e. The highest BCUT2D eigenvalue weighted by Crippen LogP contribution is 2.37. The van der Waals surface area contributed by atoms with E-state index in [-0.39, 0.29) is 24.1 Å². The second kappa shape index (κ2) is 19.0. The molecule has 1 aromatic heterocycles. The van der Waals surface area contributed by atoms with Crippen LogP contribution < -0.4 is 20.3 Å². The van der Waals surface area contributed by atoms with Crippen LogP contribution in [0.2, 0.25) is 5.02 Å². The first-order valence-electron chi connectivity index (χ1n) is 20.5. The van der Waals surface area contributed by atoms with Crippen LogP contribution in [0.4, 0.5) is 5.69 Å². The summed E-state index contributed by atoms with van der Waals surface area (Å²) >= 11 is 8.35. The Bertz CT molecular complexity index is 2240. The summed E-state index contributed by atoms with van der Waals surface area (Å²) < 4.78 is 18.8. The summed E-state index contributed by atoms with van der Waals surface area (Å²) in [6.07, 6.45) is 8.82. The van der Waals surface area contributed by atoms with Crippen LogP contribution in [0.5, 0.6) is 5.75 Å².